The van der Waals surface area contributed by atoms with Crippen LogP contribution in [0.5, 0.6) is 5.88 Å². The lowest BCUT2D eigenvalue weighted by atomic mass is 10.00. The average Bonchev–Trinajstić information content (AvgIpc) is 3.59. The Morgan fingerprint density at radius 3 is 2.26 bits per heavy atom. The number of aromatic amines is 1. The van der Waals surface area contributed by atoms with Gasteiger partial charge < -0.3 is 24.3 Å². The first kappa shape index (κ1) is 25.8. The standard InChI is InChI=1S/C27H24F3N3O5S/c1-39(31,35)17-8-6-15(7-9-17)14-2-4-16(5-3-14)24-18(27(28,29)30)10-19-20(33-24)11-23(32-19)38-22-13-37-25-21(34)12-36-26(22)25/h2-11,21-22,25-26,31-32,34H,12-13H2,1H3/t21-,22-,25?,26-,39?/m1/s1. The molecule has 6 rings (SSSR count). The van der Waals surface area contributed by atoms with Crippen molar-refractivity contribution in [1.82, 2.24) is 9.97 Å². The number of alkyl halides is 3. The van der Waals surface area contributed by atoms with Gasteiger partial charge in [-0.05, 0) is 29.3 Å². The van der Waals surface area contributed by atoms with Crippen LogP contribution in [-0.4, -0.2) is 63.2 Å². The van der Waals surface area contributed by atoms with Crippen molar-refractivity contribution >= 4 is 20.8 Å². The third-order valence-electron chi connectivity index (χ3n) is 6.94. The first-order valence-electron chi connectivity index (χ1n) is 12.1. The number of hydrogen-bond acceptors (Lipinski definition) is 7. The lowest BCUT2D eigenvalue weighted by Gasteiger charge is -2.16. The van der Waals surface area contributed by atoms with Gasteiger partial charge in [-0.1, -0.05) is 36.4 Å². The van der Waals surface area contributed by atoms with Crippen molar-refractivity contribution in [1.29, 1.82) is 4.78 Å². The summed E-state index contributed by atoms with van der Waals surface area (Å²) in [7, 11) is -2.84. The lowest BCUT2D eigenvalue weighted by Crippen LogP contribution is -2.34. The van der Waals surface area contributed by atoms with Crippen LogP contribution in [0.1, 0.15) is 5.56 Å². The summed E-state index contributed by atoms with van der Waals surface area (Å²) in [5.41, 5.74) is 1.18. The second-order valence-corrected chi connectivity index (χ2v) is 11.9. The normalized spacial score (nSPS) is 24.5. The number of pyridine rings is 1. The minimum atomic E-state index is -4.65. The van der Waals surface area contributed by atoms with E-state index in [9.17, 15) is 22.5 Å². The number of ether oxygens (including phenoxy) is 3. The molecule has 5 atom stereocenters. The number of nitrogens with one attached hydrogen (secondary N) is 2. The second kappa shape index (κ2) is 9.33. The van der Waals surface area contributed by atoms with E-state index >= 15 is 0 Å². The fourth-order valence-electron chi connectivity index (χ4n) is 4.97. The smallest absolute Gasteiger partial charge is 0.418 e. The molecule has 0 saturated carbocycles. The molecule has 2 aliphatic heterocycles. The molecule has 204 valence electrons. The van der Waals surface area contributed by atoms with Crippen LogP contribution in [0.25, 0.3) is 33.4 Å². The molecule has 0 spiro atoms. The Bertz CT molecular complexity index is 1640. The molecule has 2 fully saturated rings. The van der Waals surface area contributed by atoms with Gasteiger partial charge >= 0.3 is 6.18 Å². The summed E-state index contributed by atoms with van der Waals surface area (Å²) in [6, 6.07) is 15.8. The topological polar surface area (TPSA) is 118 Å². The van der Waals surface area contributed by atoms with E-state index in [1.54, 1.807) is 48.5 Å². The highest BCUT2D eigenvalue weighted by Crippen LogP contribution is 2.39. The zero-order valence-electron chi connectivity index (χ0n) is 20.6. The van der Waals surface area contributed by atoms with Crippen molar-refractivity contribution in [3.63, 3.8) is 0 Å². The molecule has 0 amide bonds. The van der Waals surface area contributed by atoms with Crippen LogP contribution in [-0.2, 0) is 25.4 Å². The van der Waals surface area contributed by atoms with Gasteiger partial charge in [-0.25, -0.2) is 14.0 Å². The van der Waals surface area contributed by atoms with Gasteiger partial charge in [-0.3, -0.25) is 0 Å². The summed E-state index contributed by atoms with van der Waals surface area (Å²) in [5.74, 6) is 0.226. The molecule has 2 unspecified atom stereocenters. The van der Waals surface area contributed by atoms with Crippen LogP contribution in [0, 0.1) is 4.78 Å². The van der Waals surface area contributed by atoms with Gasteiger partial charge in [0.05, 0.1) is 45.2 Å². The molecule has 2 aromatic heterocycles. The number of fused-ring (bicyclic) bond motifs is 2. The van der Waals surface area contributed by atoms with E-state index in [0.717, 1.165) is 17.2 Å². The van der Waals surface area contributed by atoms with Gasteiger partial charge in [0.1, 0.15) is 18.3 Å². The number of benzene rings is 2. The fourth-order valence-corrected chi connectivity index (χ4v) is 5.62. The summed E-state index contributed by atoms with van der Waals surface area (Å²) in [6.07, 6.45) is -5.53. The van der Waals surface area contributed by atoms with Gasteiger partial charge in [0, 0.05) is 22.8 Å². The van der Waals surface area contributed by atoms with Crippen molar-refractivity contribution in [2.75, 3.05) is 19.5 Å². The summed E-state index contributed by atoms with van der Waals surface area (Å²) >= 11 is 0. The predicted octanol–water partition coefficient (Wildman–Crippen LogP) is 4.86. The summed E-state index contributed by atoms with van der Waals surface area (Å²) in [5, 5.41) is 9.92. The highest BCUT2D eigenvalue weighted by Gasteiger charge is 2.48. The maximum absolute atomic E-state index is 14.1. The van der Waals surface area contributed by atoms with Crippen LogP contribution < -0.4 is 4.74 Å². The Balaban J connectivity index is 1.31. The van der Waals surface area contributed by atoms with Crippen LogP contribution >= 0.6 is 0 Å². The van der Waals surface area contributed by atoms with E-state index < -0.39 is 45.9 Å². The quantitative estimate of drug-likeness (QED) is 0.322. The summed E-state index contributed by atoms with van der Waals surface area (Å²) in [6.45, 7) is 0.321. The molecule has 0 bridgehead atoms. The first-order chi connectivity index (χ1) is 18.5. The molecule has 4 aromatic rings. The van der Waals surface area contributed by atoms with Crippen molar-refractivity contribution in [3.8, 4) is 28.3 Å². The van der Waals surface area contributed by atoms with Gasteiger partial charge in [-0.15, -0.1) is 0 Å². The number of rotatable bonds is 5. The minimum absolute atomic E-state index is 0.136. The molecule has 2 aliphatic rings. The third kappa shape index (κ3) is 4.89. The summed E-state index contributed by atoms with van der Waals surface area (Å²) < 4.78 is 78.9. The van der Waals surface area contributed by atoms with Crippen LogP contribution in [0.15, 0.2) is 65.6 Å². The van der Waals surface area contributed by atoms with E-state index in [0.29, 0.717) is 10.4 Å². The van der Waals surface area contributed by atoms with E-state index in [-0.39, 0.29) is 35.9 Å². The molecule has 39 heavy (non-hydrogen) atoms. The molecule has 2 aromatic carbocycles. The van der Waals surface area contributed by atoms with Crippen molar-refractivity contribution in [2.24, 2.45) is 0 Å². The molecule has 0 aliphatic carbocycles. The van der Waals surface area contributed by atoms with Crippen molar-refractivity contribution in [3.05, 3.63) is 66.2 Å². The highest BCUT2D eigenvalue weighted by molar-refractivity contribution is 7.91. The molecule has 4 heterocycles. The lowest BCUT2D eigenvalue weighted by molar-refractivity contribution is -0.137. The zero-order valence-corrected chi connectivity index (χ0v) is 21.4. The molecule has 12 heteroatoms. The summed E-state index contributed by atoms with van der Waals surface area (Å²) in [4.78, 5) is 7.60. The Labute approximate surface area is 221 Å². The molecular weight excluding hydrogens is 535 g/mol. The van der Waals surface area contributed by atoms with E-state index in [1.165, 1.54) is 12.3 Å². The number of aliphatic hydroxyl groups is 1. The number of aromatic nitrogens is 2. The third-order valence-corrected chi connectivity index (χ3v) is 8.11. The average molecular weight is 560 g/mol. The molecule has 3 N–H and O–H groups in total. The van der Waals surface area contributed by atoms with Gasteiger partial charge in [0.25, 0.3) is 0 Å². The maximum atomic E-state index is 14.1. The number of H-pyrrole nitrogens is 1. The number of hydrogen-bond donors (Lipinski definition) is 3. The van der Waals surface area contributed by atoms with Crippen molar-refractivity contribution in [2.45, 2.75) is 35.5 Å². The molecule has 2 saturated heterocycles. The van der Waals surface area contributed by atoms with E-state index in [2.05, 4.69) is 9.97 Å². The second-order valence-electron chi connectivity index (χ2n) is 9.71. The Morgan fingerprint density at radius 2 is 1.62 bits per heavy atom. The SMILES string of the molecule is CS(=N)(=O)c1ccc(-c2ccc(-c3nc4cc(O[C@@H]5COC6[C@H](O)CO[C@@H]65)[nH]c4cc3C(F)(F)F)cc2)cc1. The molecule has 0 radical (unpaired) electrons. The van der Waals surface area contributed by atoms with Gasteiger partial charge in [0.15, 0.2) is 12.0 Å². The number of halogens is 3. The molecule has 8 nitrogen and oxygen atoms in total. The van der Waals surface area contributed by atoms with Crippen molar-refractivity contribution < 1.29 is 36.7 Å². The van der Waals surface area contributed by atoms with Crippen LogP contribution in [0.4, 0.5) is 13.2 Å². The number of nitrogens with zero attached hydrogens (tertiary/aromatic N) is 1. The Hall–Kier alpha value is -3.45. The fraction of sp³-hybridized carbons (Fsp3) is 0.296. The predicted molar refractivity (Wildman–Crippen MR) is 137 cm³/mol. The minimum Gasteiger partial charge on any atom is -0.470 e. The van der Waals surface area contributed by atoms with Crippen LogP contribution in [0.3, 0.4) is 0 Å². The zero-order chi connectivity index (χ0) is 27.5. The monoisotopic (exact) mass is 559 g/mol. The largest absolute Gasteiger partial charge is 0.470 e. The number of aliphatic hydroxyl groups excluding tert-OH is 1. The molecular formula is C27H24F3N3O5S. The van der Waals surface area contributed by atoms with Crippen LogP contribution in [0.2, 0.25) is 0 Å². The first-order valence-corrected chi connectivity index (χ1v) is 14.1. The Morgan fingerprint density at radius 1 is 1.00 bits per heavy atom. The van der Waals surface area contributed by atoms with E-state index in [4.69, 9.17) is 19.0 Å². The Kier molecular flexibility index (Phi) is 6.18. The van der Waals surface area contributed by atoms with Gasteiger partial charge in [-0.2, -0.15) is 13.2 Å². The van der Waals surface area contributed by atoms with Gasteiger partial charge in [0.2, 0.25) is 0 Å². The van der Waals surface area contributed by atoms with E-state index in [1.807, 2.05) is 0 Å². The maximum Gasteiger partial charge on any atom is 0.418 e. The highest BCUT2D eigenvalue weighted by atomic mass is 32.2.